The lowest BCUT2D eigenvalue weighted by Crippen LogP contribution is -2.32. The van der Waals surface area contributed by atoms with Crippen molar-refractivity contribution >= 4 is 11.7 Å². The Balaban J connectivity index is 1.42. The Labute approximate surface area is 148 Å². The Bertz CT molecular complexity index is 756. The molecule has 5 nitrogen and oxygen atoms in total. The van der Waals surface area contributed by atoms with Crippen molar-refractivity contribution < 1.29 is 9.53 Å². The van der Waals surface area contributed by atoms with Crippen LogP contribution in [-0.2, 0) is 11.3 Å². The summed E-state index contributed by atoms with van der Waals surface area (Å²) in [5.41, 5.74) is 2.07. The van der Waals surface area contributed by atoms with E-state index in [1.807, 2.05) is 36.5 Å². The molecule has 1 amide bonds. The Morgan fingerprint density at radius 3 is 2.96 bits per heavy atom. The number of anilines is 1. The van der Waals surface area contributed by atoms with Crippen LogP contribution >= 0.6 is 0 Å². The summed E-state index contributed by atoms with van der Waals surface area (Å²) in [5, 5.41) is 3.09. The predicted molar refractivity (Wildman–Crippen MR) is 96.8 cm³/mol. The summed E-state index contributed by atoms with van der Waals surface area (Å²) in [6.07, 6.45) is 5.01. The number of ether oxygens (including phenoxy) is 1. The number of carbonyl (C=O) groups is 1. The van der Waals surface area contributed by atoms with Crippen molar-refractivity contribution in [1.82, 2.24) is 10.3 Å². The van der Waals surface area contributed by atoms with Gasteiger partial charge in [-0.05, 0) is 43.0 Å². The van der Waals surface area contributed by atoms with Gasteiger partial charge in [0.25, 0.3) is 0 Å². The third-order valence-electron chi connectivity index (χ3n) is 4.98. The number of amides is 1. The van der Waals surface area contributed by atoms with Crippen molar-refractivity contribution in [2.45, 2.75) is 31.7 Å². The fraction of sp³-hybridized carbons (Fsp3) is 0.400. The molecule has 3 heterocycles. The molecule has 1 aromatic carbocycles. The predicted octanol–water partition coefficient (Wildman–Crippen LogP) is 2.86. The van der Waals surface area contributed by atoms with Crippen molar-refractivity contribution in [3.8, 4) is 5.75 Å². The number of para-hydroxylation sites is 1. The van der Waals surface area contributed by atoms with Gasteiger partial charge in [0.05, 0.1) is 12.5 Å². The molecule has 0 aliphatic carbocycles. The number of hydrogen-bond acceptors (Lipinski definition) is 4. The zero-order chi connectivity index (χ0) is 17.1. The molecule has 1 saturated heterocycles. The maximum Gasteiger partial charge on any atom is 0.228 e. The zero-order valence-electron chi connectivity index (χ0n) is 14.3. The number of benzene rings is 1. The minimum Gasteiger partial charge on any atom is -0.493 e. The summed E-state index contributed by atoms with van der Waals surface area (Å²) < 4.78 is 5.65. The van der Waals surface area contributed by atoms with Crippen LogP contribution in [0.15, 0.2) is 42.6 Å². The van der Waals surface area contributed by atoms with Gasteiger partial charge in [0.2, 0.25) is 5.91 Å². The van der Waals surface area contributed by atoms with Gasteiger partial charge in [-0.3, -0.25) is 4.79 Å². The minimum atomic E-state index is -0.134. The lowest BCUT2D eigenvalue weighted by atomic mass is 9.92. The molecule has 0 spiro atoms. The van der Waals surface area contributed by atoms with E-state index < -0.39 is 0 Å². The molecule has 2 aromatic rings. The number of fused-ring (bicyclic) bond motifs is 1. The van der Waals surface area contributed by atoms with E-state index in [9.17, 15) is 4.79 Å². The average molecular weight is 337 g/mol. The van der Waals surface area contributed by atoms with E-state index in [0.717, 1.165) is 42.2 Å². The van der Waals surface area contributed by atoms with E-state index in [1.165, 1.54) is 12.8 Å². The van der Waals surface area contributed by atoms with Crippen LogP contribution in [0.25, 0.3) is 0 Å². The van der Waals surface area contributed by atoms with Crippen molar-refractivity contribution in [3.63, 3.8) is 0 Å². The quantitative estimate of drug-likeness (QED) is 0.932. The molecule has 0 bridgehead atoms. The summed E-state index contributed by atoms with van der Waals surface area (Å²) in [6, 6.07) is 11.9. The van der Waals surface area contributed by atoms with Crippen LogP contribution in [0.1, 0.15) is 36.3 Å². The molecule has 1 atom stereocenters. The van der Waals surface area contributed by atoms with E-state index in [4.69, 9.17) is 4.74 Å². The van der Waals surface area contributed by atoms with Crippen molar-refractivity contribution in [1.29, 1.82) is 0 Å². The second-order valence-corrected chi connectivity index (χ2v) is 6.66. The van der Waals surface area contributed by atoms with Gasteiger partial charge in [0, 0.05) is 31.4 Å². The van der Waals surface area contributed by atoms with E-state index in [0.29, 0.717) is 13.2 Å². The lowest BCUT2D eigenvalue weighted by Gasteiger charge is -2.25. The number of carbonyl (C=O) groups excluding carboxylic acids is 1. The van der Waals surface area contributed by atoms with Crippen molar-refractivity contribution in [3.05, 3.63) is 53.7 Å². The second-order valence-electron chi connectivity index (χ2n) is 6.66. The number of nitrogens with one attached hydrogen (secondary N) is 1. The maximum atomic E-state index is 12.7. The monoisotopic (exact) mass is 337 g/mol. The molecule has 2 aliphatic heterocycles. The fourth-order valence-corrected chi connectivity index (χ4v) is 3.62. The topological polar surface area (TPSA) is 54.5 Å². The highest BCUT2D eigenvalue weighted by Gasteiger charge is 2.27. The Morgan fingerprint density at radius 1 is 1.24 bits per heavy atom. The highest BCUT2D eigenvalue weighted by molar-refractivity contribution is 5.84. The largest absolute Gasteiger partial charge is 0.493 e. The van der Waals surface area contributed by atoms with Crippen LogP contribution in [0.2, 0.25) is 0 Å². The van der Waals surface area contributed by atoms with E-state index in [2.05, 4.69) is 21.3 Å². The minimum absolute atomic E-state index is 0.0651. The molecule has 2 aliphatic rings. The summed E-state index contributed by atoms with van der Waals surface area (Å²) in [5.74, 6) is 1.77. The average Bonchev–Trinajstić information content (AvgIpc) is 3.21. The molecular weight excluding hydrogens is 314 g/mol. The molecule has 5 heteroatoms. The Kier molecular flexibility index (Phi) is 4.55. The number of rotatable bonds is 4. The number of pyridine rings is 1. The summed E-state index contributed by atoms with van der Waals surface area (Å²) in [4.78, 5) is 19.5. The fourth-order valence-electron chi connectivity index (χ4n) is 3.62. The maximum absolute atomic E-state index is 12.7. The first-order chi connectivity index (χ1) is 12.3. The van der Waals surface area contributed by atoms with Gasteiger partial charge in [-0.2, -0.15) is 0 Å². The van der Waals surface area contributed by atoms with Crippen LogP contribution in [0.4, 0.5) is 5.82 Å². The molecule has 1 fully saturated rings. The highest BCUT2D eigenvalue weighted by Crippen LogP contribution is 2.33. The molecule has 1 aromatic heterocycles. The molecule has 25 heavy (non-hydrogen) atoms. The van der Waals surface area contributed by atoms with Crippen LogP contribution in [0.5, 0.6) is 5.75 Å². The van der Waals surface area contributed by atoms with E-state index >= 15 is 0 Å². The van der Waals surface area contributed by atoms with Gasteiger partial charge in [-0.1, -0.05) is 18.2 Å². The smallest absolute Gasteiger partial charge is 0.228 e. The highest BCUT2D eigenvalue weighted by atomic mass is 16.5. The standard InChI is InChI=1S/C20H23N3O2/c24-20(17-8-12-25-18-6-2-1-5-16(17)18)22-14-15-7-9-21-19(13-15)23-10-3-4-11-23/h1-2,5-7,9,13,17H,3-4,8,10-12,14H2,(H,22,24). The van der Waals surface area contributed by atoms with E-state index in [-0.39, 0.29) is 11.8 Å². The van der Waals surface area contributed by atoms with Gasteiger partial charge in [-0.25, -0.2) is 4.98 Å². The van der Waals surface area contributed by atoms with Gasteiger partial charge in [0.1, 0.15) is 11.6 Å². The van der Waals surface area contributed by atoms with Gasteiger partial charge in [-0.15, -0.1) is 0 Å². The molecule has 1 N–H and O–H groups in total. The third-order valence-corrected chi connectivity index (χ3v) is 4.98. The van der Waals surface area contributed by atoms with Crippen molar-refractivity contribution in [2.75, 3.05) is 24.6 Å². The summed E-state index contributed by atoms with van der Waals surface area (Å²) in [7, 11) is 0. The third kappa shape index (κ3) is 3.45. The normalized spacial score (nSPS) is 19.2. The molecule has 1 unspecified atom stereocenters. The van der Waals surface area contributed by atoms with Gasteiger partial charge >= 0.3 is 0 Å². The zero-order valence-corrected chi connectivity index (χ0v) is 14.3. The van der Waals surface area contributed by atoms with Crippen LogP contribution in [0, 0.1) is 0 Å². The summed E-state index contributed by atoms with van der Waals surface area (Å²) >= 11 is 0. The molecular formula is C20H23N3O2. The van der Waals surface area contributed by atoms with Crippen LogP contribution in [0.3, 0.4) is 0 Å². The molecule has 130 valence electrons. The molecule has 0 radical (unpaired) electrons. The SMILES string of the molecule is O=C(NCc1ccnc(N2CCCC2)c1)C1CCOc2ccccc21. The molecule has 0 saturated carbocycles. The molecule has 4 rings (SSSR count). The van der Waals surface area contributed by atoms with Gasteiger partial charge in [0.15, 0.2) is 0 Å². The first-order valence-corrected chi connectivity index (χ1v) is 9.00. The van der Waals surface area contributed by atoms with Gasteiger partial charge < -0.3 is 15.0 Å². The number of nitrogens with zero attached hydrogens (tertiary/aromatic N) is 2. The number of hydrogen-bond donors (Lipinski definition) is 1. The Hall–Kier alpha value is -2.56. The van der Waals surface area contributed by atoms with E-state index in [1.54, 1.807) is 0 Å². The first kappa shape index (κ1) is 15.9. The second kappa shape index (κ2) is 7.13. The Morgan fingerprint density at radius 2 is 2.08 bits per heavy atom. The first-order valence-electron chi connectivity index (χ1n) is 9.00. The van der Waals surface area contributed by atoms with Crippen LogP contribution in [-0.4, -0.2) is 30.6 Å². The van der Waals surface area contributed by atoms with Crippen molar-refractivity contribution in [2.24, 2.45) is 0 Å². The number of aromatic nitrogens is 1. The summed E-state index contributed by atoms with van der Waals surface area (Å²) in [6.45, 7) is 3.26. The lowest BCUT2D eigenvalue weighted by molar-refractivity contribution is -0.123. The van der Waals surface area contributed by atoms with Crippen LogP contribution < -0.4 is 15.0 Å².